The maximum absolute atomic E-state index is 10.9. The van der Waals surface area contributed by atoms with E-state index in [1.54, 1.807) is 0 Å². The van der Waals surface area contributed by atoms with Gasteiger partial charge in [0.25, 0.3) is 0 Å². The molecule has 0 bridgehead atoms. The van der Waals surface area contributed by atoms with E-state index in [2.05, 4.69) is 0 Å². The van der Waals surface area contributed by atoms with Crippen molar-refractivity contribution >= 4 is 11.7 Å². The van der Waals surface area contributed by atoms with Gasteiger partial charge in [-0.2, -0.15) is 5.26 Å². The summed E-state index contributed by atoms with van der Waals surface area (Å²) >= 11 is 0. The summed E-state index contributed by atoms with van der Waals surface area (Å²) in [5, 5.41) is 17.6. The van der Waals surface area contributed by atoms with Crippen LogP contribution in [0.15, 0.2) is 6.20 Å². The number of aromatic carboxylic acids is 1. The molecule has 1 aromatic heterocycles. The minimum atomic E-state index is -1.11. The number of nitrogen functional groups attached to an aromatic ring is 1. The number of nitrogens with zero attached hydrogens (tertiary/aromatic N) is 2. The zero-order valence-corrected chi connectivity index (χ0v) is 7.98. The molecule has 0 aliphatic rings. The average Bonchev–Trinajstić information content (AvgIpc) is 2.42. The third-order valence-electron chi connectivity index (χ3n) is 1.95. The lowest BCUT2D eigenvalue weighted by atomic mass is 10.2. The van der Waals surface area contributed by atoms with Gasteiger partial charge in [-0.3, -0.25) is 0 Å². The summed E-state index contributed by atoms with van der Waals surface area (Å²) in [7, 11) is 0. The molecule has 5 nitrogen and oxygen atoms in total. The van der Waals surface area contributed by atoms with Crippen molar-refractivity contribution in [3.05, 3.63) is 17.5 Å². The highest BCUT2D eigenvalue weighted by Gasteiger charge is 2.20. The lowest BCUT2D eigenvalue weighted by Crippen LogP contribution is -2.11. The molecular weight excluding hydrogens is 182 g/mol. The zero-order valence-electron chi connectivity index (χ0n) is 7.98. The van der Waals surface area contributed by atoms with Gasteiger partial charge in [0.15, 0.2) is 5.69 Å². The molecule has 1 rings (SSSR count). The van der Waals surface area contributed by atoms with E-state index in [-0.39, 0.29) is 23.0 Å². The van der Waals surface area contributed by atoms with Crippen molar-refractivity contribution in [2.24, 2.45) is 0 Å². The highest BCUT2D eigenvalue weighted by atomic mass is 16.4. The van der Waals surface area contributed by atoms with Crippen LogP contribution in [0.3, 0.4) is 0 Å². The highest BCUT2D eigenvalue weighted by molar-refractivity contribution is 5.93. The van der Waals surface area contributed by atoms with Crippen LogP contribution in [0, 0.1) is 11.3 Å². The first kappa shape index (κ1) is 10.1. The first-order chi connectivity index (χ1) is 6.49. The molecule has 0 fully saturated rings. The van der Waals surface area contributed by atoms with Crippen LogP contribution in [0.2, 0.25) is 0 Å². The van der Waals surface area contributed by atoms with E-state index >= 15 is 0 Å². The average molecular weight is 193 g/mol. The van der Waals surface area contributed by atoms with E-state index in [9.17, 15) is 4.79 Å². The molecule has 0 saturated heterocycles. The number of hydrogen-bond acceptors (Lipinski definition) is 3. The molecular formula is C9H11N3O2. The summed E-state index contributed by atoms with van der Waals surface area (Å²) in [6.07, 6.45) is 1.46. The summed E-state index contributed by atoms with van der Waals surface area (Å²) in [5.41, 5.74) is 5.75. The Morgan fingerprint density at radius 3 is 2.57 bits per heavy atom. The molecule has 1 aromatic rings. The van der Waals surface area contributed by atoms with Gasteiger partial charge < -0.3 is 15.4 Å². The molecule has 1 heterocycles. The van der Waals surface area contributed by atoms with Crippen molar-refractivity contribution in [2.45, 2.75) is 19.9 Å². The van der Waals surface area contributed by atoms with Crippen LogP contribution in [0.25, 0.3) is 0 Å². The molecule has 0 spiro atoms. The molecule has 0 atom stereocenters. The number of anilines is 1. The Labute approximate surface area is 81.4 Å². The van der Waals surface area contributed by atoms with E-state index in [1.165, 1.54) is 10.8 Å². The second-order valence-corrected chi connectivity index (χ2v) is 3.22. The van der Waals surface area contributed by atoms with Gasteiger partial charge in [-0.25, -0.2) is 4.79 Å². The van der Waals surface area contributed by atoms with Crippen molar-refractivity contribution < 1.29 is 9.90 Å². The number of carboxylic acids is 1. The minimum Gasteiger partial charge on any atom is -0.477 e. The molecule has 0 saturated carbocycles. The zero-order chi connectivity index (χ0) is 10.9. The summed E-state index contributed by atoms with van der Waals surface area (Å²) < 4.78 is 1.48. The number of hydrogen-bond donors (Lipinski definition) is 2. The minimum absolute atomic E-state index is 0.0171. The third-order valence-corrected chi connectivity index (χ3v) is 1.95. The maximum Gasteiger partial charge on any atom is 0.354 e. The molecule has 0 radical (unpaired) electrons. The van der Waals surface area contributed by atoms with Crippen molar-refractivity contribution in [2.75, 3.05) is 5.73 Å². The second kappa shape index (κ2) is 3.42. The largest absolute Gasteiger partial charge is 0.477 e. The van der Waals surface area contributed by atoms with Crippen LogP contribution in [-0.4, -0.2) is 15.6 Å². The van der Waals surface area contributed by atoms with Crippen molar-refractivity contribution in [1.82, 2.24) is 4.57 Å². The van der Waals surface area contributed by atoms with Crippen LogP contribution in [-0.2, 0) is 0 Å². The Morgan fingerprint density at radius 2 is 2.29 bits per heavy atom. The Morgan fingerprint density at radius 1 is 1.71 bits per heavy atom. The number of nitriles is 1. The Hall–Kier alpha value is -1.96. The number of rotatable bonds is 2. The SMILES string of the molecule is CC(C)n1cc(C#N)c(N)c1C(=O)O. The first-order valence-corrected chi connectivity index (χ1v) is 4.12. The molecule has 74 valence electrons. The van der Waals surface area contributed by atoms with Gasteiger partial charge in [0.1, 0.15) is 6.07 Å². The van der Waals surface area contributed by atoms with Crippen LogP contribution in [0.4, 0.5) is 5.69 Å². The number of carbonyl (C=O) groups is 1. The molecule has 0 unspecified atom stereocenters. The molecule has 5 heteroatoms. The molecule has 0 aromatic carbocycles. The van der Waals surface area contributed by atoms with Gasteiger partial charge >= 0.3 is 5.97 Å². The van der Waals surface area contributed by atoms with Crippen LogP contribution in [0.1, 0.15) is 35.9 Å². The fraction of sp³-hybridized carbons (Fsp3) is 0.333. The summed E-state index contributed by atoms with van der Waals surface area (Å²) in [6.45, 7) is 3.65. The van der Waals surface area contributed by atoms with Gasteiger partial charge in [-0.05, 0) is 13.8 Å². The van der Waals surface area contributed by atoms with E-state index in [0.29, 0.717) is 0 Å². The molecule has 0 aliphatic carbocycles. The fourth-order valence-electron chi connectivity index (χ4n) is 1.26. The Kier molecular flexibility index (Phi) is 2.47. The van der Waals surface area contributed by atoms with Gasteiger partial charge in [0, 0.05) is 12.2 Å². The molecule has 0 aliphatic heterocycles. The maximum atomic E-state index is 10.9. The third kappa shape index (κ3) is 1.42. The van der Waals surface area contributed by atoms with Crippen molar-refractivity contribution in [3.8, 4) is 6.07 Å². The highest BCUT2D eigenvalue weighted by Crippen LogP contribution is 2.23. The van der Waals surface area contributed by atoms with Gasteiger partial charge in [-0.1, -0.05) is 0 Å². The summed E-state index contributed by atoms with van der Waals surface area (Å²) in [5.74, 6) is -1.11. The topological polar surface area (TPSA) is 92.0 Å². The van der Waals surface area contributed by atoms with Gasteiger partial charge in [0.05, 0.1) is 11.3 Å². The normalized spacial score (nSPS) is 10.1. The van der Waals surface area contributed by atoms with Crippen LogP contribution < -0.4 is 5.73 Å². The van der Waals surface area contributed by atoms with Gasteiger partial charge in [0.2, 0.25) is 0 Å². The fourth-order valence-corrected chi connectivity index (χ4v) is 1.26. The summed E-state index contributed by atoms with van der Waals surface area (Å²) in [4.78, 5) is 10.9. The quantitative estimate of drug-likeness (QED) is 0.738. The molecule has 0 amide bonds. The molecule has 14 heavy (non-hydrogen) atoms. The predicted molar refractivity (Wildman–Crippen MR) is 50.9 cm³/mol. The van der Waals surface area contributed by atoms with Crippen molar-refractivity contribution in [1.29, 1.82) is 5.26 Å². The van der Waals surface area contributed by atoms with E-state index in [0.717, 1.165) is 0 Å². The molecule has 3 N–H and O–H groups in total. The van der Waals surface area contributed by atoms with E-state index < -0.39 is 5.97 Å². The van der Waals surface area contributed by atoms with Gasteiger partial charge in [-0.15, -0.1) is 0 Å². The standard InChI is InChI=1S/C9H11N3O2/c1-5(2)12-4-6(3-10)7(11)8(12)9(13)14/h4-5H,11H2,1-2H3,(H,13,14). The smallest absolute Gasteiger partial charge is 0.354 e. The lowest BCUT2D eigenvalue weighted by Gasteiger charge is -2.09. The summed E-state index contributed by atoms with van der Waals surface area (Å²) in [6, 6.07) is 1.82. The van der Waals surface area contributed by atoms with Crippen LogP contribution in [0.5, 0.6) is 0 Å². The van der Waals surface area contributed by atoms with E-state index in [1.807, 2.05) is 19.9 Å². The number of aromatic nitrogens is 1. The Bertz CT molecular complexity index is 412. The first-order valence-electron chi connectivity index (χ1n) is 4.12. The van der Waals surface area contributed by atoms with E-state index in [4.69, 9.17) is 16.1 Å². The van der Waals surface area contributed by atoms with Crippen molar-refractivity contribution in [3.63, 3.8) is 0 Å². The monoisotopic (exact) mass is 193 g/mol. The number of carboxylic acid groups (broad SMARTS) is 1. The Balaban J connectivity index is 3.44. The van der Waals surface area contributed by atoms with Crippen LogP contribution >= 0.6 is 0 Å². The predicted octanol–water partition coefficient (Wildman–Crippen LogP) is 1.22. The lowest BCUT2D eigenvalue weighted by molar-refractivity contribution is 0.0684. The second-order valence-electron chi connectivity index (χ2n) is 3.22. The number of nitrogens with two attached hydrogens (primary N) is 1.